The topological polar surface area (TPSA) is 94.6 Å². The third-order valence-electron chi connectivity index (χ3n) is 4.90. The lowest BCUT2D eigenvalue weighted by atomic mass is 9.97. The van der Waals surface area contributed by atoms with Crippen molar-refractivity contribution in [2.24, 2.45) is 0 Å². The van der Waals surface area contributed by atoms with Crippen LogP contribution in [-0.4, -0.2) is 59.6 Å². The number of amides is 2. The highest BCUT2D eigenvalue weighted by atomic mass is 16.3. The summed E-state index contributed by atoms with van der Waals surface area (Å²) in [5, 5.41) is 15.4. The van der Waals surface area contributed by atoms with E-state index in [0.29, 0.717) is 16.9 Å². The van der Waals surface area contributed by atoms with Crippen LogP contribution in [0, 0.1) is 6.92 Å². The quantitative estimate of drug-likeness (QED) is 0.668. The summed E-state index contributed by atoms with van der Waals surface area (Å²) in [7, 11) is 3.37. The Morgan fingerprint density at radius 3 is 2.62 bits per heavy atom. The normalized spacial score (nSPS) is 14.2. The summed E-state index contributed by atoms with van der Waals surface area (Å²) in [5.41, 5.74) is 3.61. The van der Waals surface area contributed by atoms with Gasteiger partial charge in [-0.05, 0) is 56.0 Å². The van der Waals surface area contributed by atoms with Gasteiger partial charge in [-0.1, -0.05) is 6.07 Å². The third kappa shape index (κ3) is 4.92. The molecule has 7 nitrogen and oxygen atoms in total. The smallest absolute Gasteiger partial charge is 0.257 e. The fourth-order valence-electron chi connectivity index (χ4n) is 2.98. The third-order valence-corrected chi connectivity index (χ3v) is 4.90. The van der Waals surface area contributed by atoms with Crippen LogP contribution in [0.25, 0.3) is 11.1 Å². The number of nitrogens with one attached hydrogen (secondary N) is 2. The number of carbonyl (C=O) groups excluding carboxylic acids is 2. The number of hydrogen-bond donors (Lipinski definition) is 3. The minimum atomic E-state index is -0.238. The van der Waals surface area contributed by atoms with Gasteiger partial charge >= 0.3 is 0 Å². The molecule has 1 aliphatic rings. The van der Waals surface area contributed by atoms with Gasteiger partial charge < -0.3 is 20.6 Å². The molecule has 0 radical (unpaired) electrons. The predicted molar refractivity (Wildman–Crippen MR) is 113 cm³/mol. The van der Waals surface area contributed by atoms with E-state index in [1.807, 2.05) is 32.0 Å². The van der Waals surface area contributed by atoms with Crippen molar-refractivity contribution in [1.29, 1.82) is 0 Å². The van der Waals surface area contributed by atoms with Gasteiger partial charge in [0.15, 0.2) is 0 Å². The molecule has 1 aromatic carbocycles. The number of pyridine rings is 1. The Bertz CT molecular complexity index is 922. The van der Waals surface area contributed by atoms with E-state index in [9.17, 15) is 14.7 Å². The Hall–Kier alpha value is -2.93. The zero-order valence-corrected chi connectivity index (χ0v) is 17.3. The van der Waals surface area contributed by atoms with E-state index < -0.39 is 0 Å². The molecule has 1 saturated carbocycles. The molecule has 1 aliphatic carbocycles. The molecule has 2 aromatic rings. The summed E-state index contributed by atoms with van der Waals surface area (Å²) in [4.78, 5) is 31.1. The van der Waals surface area contributed by atoms with E-state index in [-0.39, 0.29) is 30.5 Å². The molecule has 0 aliphatic heterocycles. The van der Waals surface area contributed by atoms with Crippen LogP contribution in [0.3, 0.4) is 0 Å². The number of anilines is 1. The van der Waals surface area contributed by atoms with E-state index in [1.165, 1.54) is 4.90 Å². The first-order valence-corrected chi connectivity index (χ1v) is 9.81. The SMILES string of the molecule is Cc1ccc(C(=O)NC2CC2)cc1-c1cnc(N[C@H](C)CO)c(C(=O)N(C)C)c1. The van der Waals surface area contributed by atoms with Crippen molar-refractivity contribution in [2.75, 3.05) is 26.0 Å². The monoisotopic (exact) mass is 396 g/mol. The number of aromatic nitrogens is 1. The molecule has 154 valence electrons. The van der Waals surface area contributed by atoms with Gasteiger partial charge in [0.25, 0.3) is 11.8 Å². The Morgan fingerprint density at radius 1 is 1.28 bits per heavy atom. The fourth-order valence-corrected chi connectivity index (χ4v) is 2.98. The van der Waals surface area contributed by atoms with Crippen LogP contribution < -0.4 is 10.6 Å². The van der Waals surface area contributed by atoms with E-state index >= 15 is 0 Å². The van der Waals surface area contributed by atoms with Crippen LogP contribution in [0.2, 0.25) is 0 Å². The van der Waals surface area contributed by atoms with Crippen LogP contribution in [0.5, 0.6) is 0 Å². The number of nitrogens with zero attached hydrogens (tertiary/aromatic N) is 2. The molecule has 0 saturated heterocycles. The Balaban J connectivity index is 2.00. The summed E-state index contributed by atoms with van der Waals surface area (Å²) in [6.45, 7) is 3.70. The van der Waals surface area contributed by atoms with E-state index in [1.54, 1.807) is 26.4 Å². The highest BCUT2D eigenvalue weighted by Crippen LogP contribution is 2.28. The molecule has 0 unspecified atom stereocenters. The maximum atomic E-state index is 12.7. The van der Waals surface area contributed by atoms with E-state index in [4.69, 9.17) is 0 Å². The number of rotatable bonds is 7. The molecule has 7 heteroatoms. The van der Waals surface area contributed by atoms with Gasteiger partial charge in [-0.15, -0.1) is 0 Å². The molecular weight excluding hydrogens is 368 g/mol. The van der Waals surface area contributed by atoms with Gasteiger partial charge in [0, 0.05) is 43.5 Å². The molecule has 3 N–H and O–H groups in total. The largest absolute Gasteiger partial charge is 0.394 e. The van der Waals surface area contributed by atoms with Gasteiger partial charge in [-0.25, -0.2) is 4.98 Å². The molecule has 0 spiro atoms. The van der Waals surface area contributed by atoms with Crippen molar-refractivity contribution in [3.8, 4) is 11.1 Å². The highest BCUT2D eigenvalue weighted by Gasteiger charge is 2.24. The second-order valence-corrected chi connectivity index (χ2v) is 7.83. The summed E-state index contributed by atoms with van der Waals surface area (Å²) in [6.07, 6.45) is 3.75. The molecule has 1 fully saturated rings. The van der Waals surface area contributed by atoms with E-state index in [2.05, 4.69) is 15.6 Å². The number of aryl methyl sites for hydroxylation is 1. The molecule has 1 aromatic heterocycles. The van der Waals surface area contributed by atoms with Crippen molar-refractivity contribution in [2.45, 2.75) is 38.8 Å². The van der Waals surface area contributed by atoms with Crippen LogP contribution in [0.15, 0.2) is 30.5 Å². The standard InChI is InChI=1S/C22H28N4O3/c1-13-5-6-15(21(28)25-17-7-8-17)9-18(13)16-10-19(22(29)26(3)4)20(23-11-16)24-14(2)12-27/h5-6,9-11,14,17,27H,7-8,12H2,1-4H3,(H,23,24)(H,25,28)/t14-/m1/s1. The van der Waals surface area contributed by atoms with Crippen LogP contribution in [-0.2, 0) is 0 Å². The number of hydrogen-bond acceptors (Lipinski definition) is 5. The van der Waals surface area contributed by atoms with Gasteiger partial charge in [-0.3, -0.25) is 9.59 Å². The minimum absolute atomic E-state index is 0.0731. The molecular formula is C22H28N4O3. The number of carbonyl (C=O) groups is 2. The number of aliphatic hydroxyl groups is 1. The molecule has 0 bridgehead atoms. The first-order valence-electron chi connectivity index (χ1n) is 9.81. The number of aliphatic hydroxyl groups excluding tert-OH is 1. The van der Waals surface area contributed by atoms with Crippen molar-refractivity contribution in [3.63, 3.8) is 0 Å². The second-order valence-electron chi connectivity index (χ2n) is 7.83. The first-order chi connectivity index (χ1) is 13.8. The van der Waals surface area contributed by atoms with Crippen molar-refractivity contribution in [3.05, 3.63) is 47.2 Å². The van der Waals surface area contributed by atoms with Crippen molar-refractivity contribution < 1.29 is 14.7 Å². The molecule has 1 heterocycles. The molecule has 3 rings (SSSR count). The lowest BCUT2D eigenvalue weighted by Gasteiger charge is -2.19. The summed E-state index contributed by atoms with van der Waals surface area (Å²) in [5.74, 6) is 0.155. The maximum absolute atomic E-state index is 12.7. The summed E-state index contributed by atoms with van der Waals surface area (Å²) in [6, 6.07) is 7.40. The Kier molecular flexibility index (Phi) is 6.17. The predicted octanol–water partition coefficient (Wildman–Crippen LogP) is 2.44. The van der Waals surface area contributed by atoms with Crippen LogP contribution in [0.4, 0.5) is 5.82 Å². The molecule has 2 amide bonds. The van der Waals surface area contributed by atoms with Gasteiger partial charge in [0.05, 0.1) is 12.2 Å². The molecule has 29 heavy (non-hydrogen) atoms. The van der Waals surface area contributed by atoms with Gasteiger partial charge in [0.1, 0.15) is 5.82 Å². The highest BCUT2D eigenvalue weighted by molar-refractivity contribution is 6.00. The zero-order valence-electron chi connectivity index (χ0n) is 17.3. The average Bonchev–Trinajstić information content (AvgIpc) is 3.51. The van der Waals surface area contributed by atoms with Crippen LogP contribution >= 0.6 is 0 Å². The van der Waals surface area contributed by atoms with Crippen molar-refractivity contribution >= 4 is 17.6 Å². The van der Waals surface area contributed by atoms with Gasteiger partial charge in [-0.2, -0.15) is 0 Å². The van der Waals surface area contributed by atoms with E-state index in [0.717, 1.165) is 29.5 Å². The first kappa shape index (κ1) is 20.8. The number of benzene rings is 1. The van der Waals surface area contributed by atoms with Gasteiger partial charge in [0.2, 0.25) is 0 Å². The zero-order chi connectivity index (χ0) is 21.1. The van der Waals surface area contributed by atoms with Crippen LogP contribution in [0.1, 0.15) is 46.0 Å². The average molecular weight is 396 g/mol. The molecule has 1 atom stereocenters. The lowest BCUT2D eigenvalue weighted by molar-refractivity contribution is 0.0827. The summed E-state index contributed by atoms with van der Waals surface area (Å²) < 4.78 is 0. The minimum Gasteiger partial charge on any atom is -0.394 e. The van der Waals surface area contributed by atoms with Crippen molar-refractivity contribution in [1.82, 2.24) is 15.2 Å². The second kappa shape index (κ2) is 8.61. The Morgan fingerprint density at radius 2 is 2.00 bits per heavy atom. The Labute approximate surface area is 171 Å². The maximum Gasteiger partial charge on any atom is 0.257 e. The lowest BCUT2D eigenvalue weighted by Crippen LogP contribution is -2.26. The summed E-state index contributed by atoms with van der Waals surface area (Å²) >= 11 is 0. The fraction of sp³-hybridized carbons (Fsp3) is 0.409.